The molecular weight excluding hydrogens is 212 g/mol. The van der Waals surface area contributed by atoms with Crippen LogP contribution in [-0.2, 0) is 0 Å². The van der Waals surface area contributed by atoms with Crippen molar-refractivity contribution in [3.63, 3.8) is 0 Å². The lowest BCUT2D eigenvalue weighted by atomic mass is 10.3. The van der Waals surface area contributed by atoms with Gasteiger partial charge in [0.1, 0.15) is 0 Å². The van der Waals surface area contributed by atoms with Crippen LogP contribution >= 0.6 is 11.8 Å². The first-order valence-electron chi connectivity index (χ1n) is 4.60. The van der Waals surface area contributed by atoms with E-state index in [1.54, 1.807) is 12.4 Å². The third-order valence-corrected chi connectivity index (χ3v) is 3.10. The molecule has 0 spiro atoms. The van der Waals surface area contributed by atoms with Crippen LogP contribution in [0.2, 0.25) is 0 Å². The third-order valence-electron chi connectivity index (χ3n) is 1.82. The molecule has 0 saturated carbocycles. The summed E-state index contributed by atoms with van der Waals surface area (Å²) in [4.78, 5) is 8.28. The third kappa shape index (κ3) is 3.39. The Labute approximate surface area is 92.8 Å². The first-order chi connectivity index (χ1) is 7.17. The van der Waals surface area contributed by atoms with Crippen LogP contribution in [0.5, 0.6) is 0 Å². The molecule has 6 heteroatoms. The average Bonchev–Trinajstić information content (AvgIpc) is 2.27. The molecule has 0 aliphatic rings. The van der Waals surface area contributed by atoms with E-state index in [4.69, 9.17) is 10.9 Å². The van der Waals surface area contributed by atoms with Crippen molar-refractivity contribution < 1.29 is 5.21 Å². The highest BCUT2D eigenvalue weighted by atomic mass is 32.2. The molecule has 1 heterocycles. The van der Waals surface area contributed by atoms with Gasteiger partial charge in [0.05, 0.1) is 5.25 Å². The van der Waals surface area contributed by atoms with Crippen molar-refractivity contribution in [1.82, 2.24) is 9.97 Å². The van der Waals surface area contributed by atoms with E-state index in [-0.39, 0.29) is 11.1 Å². The fourth-order valence-electron chi connectivity index (χ4n) is 0.986. The summed E-state index contributed by atoms with van der Waals surface area (Å²) in [5.74, 6) is 0.201. The number of thioether (sulfide) groups is 1. The van der Waals surface area contributed by atoms with Gasteiger partial charge in [0, 0.05) is 12.4 Å². The van der Waals surface area contributed by atoms with Crippen LogP contribution in [0, 0.1) is 6.92 Å². The van der Waals surface area contributed by atoms with Gasteiger partial charge in [-0.1, -0.05) is 23.8 Å². The summed E-state index contributed by atoms with van der Waals surface area (Å²) in [6, 6.07) is 0. The lowest BCUT2D eigenvalue weighted by Gasteiger charge is -2.10. The number of aryl methyl sites for hydroxylation is 1. The number of hydrogen-bond donors (Lipinski definition) is 2. The Morgan fingerprint density at radius 2 is 2.20 bits per heavy atom. The van der Waals surface area contributed by atoms with E-state index in [2.05, 4.69) is 15.1 Å². The predicted octanol–water partition coefficient (Wildman–Crippen LogP) is 1.40. The minimum atomic E-state index is -0.0855. The number of nitrogens with two attached hydrogens (primary N) is 1. The smallest absolute Gasteiger partial charge is 0.188 e. The standard InChI is InChI=1S/C9H14N4OS/c1-3-7(8(10)13-14)15-9-11-4-6(2)5-12-9/h4-5,7,14H,3H2,1-2H3,(H2,10,13). The average molecular weight is 226 g/mol. The summed E-state index contributed by atoms with van der Waals surface area (Å²) in [7, 11) is 0. The molecule has 15 heavy (non-hydrogen) atoms. The maximum Gasteiger partial charge on any atom is 0.188 e. The molecule has 82 valence electrons. The van der Waals surface area contributed by atoms with Crippen LogP contribution in [0.1, 0.15) is 18.9 Å². The molecule has 3 N–H and O–H groups in total. The summed E-state index contributed by atoms with van der Waals surface area (Å²) in [5, 5.41) is 12.1. The Morgan fingerprint density at radius 3 is 2.67 bits per heavy atom. The molecule has 1 aromatic rings. The maximum atomic E-state index is 8.57. The number of hydrogen-bond acceptors (Lipinski definition) is 5. The number of rotatable bonds is 4. The van der Waals surface area contributed by atoms with Gasteiger partial charge in [-0.2, -0.15) is 0 Å². The van der Waals surface area contributed by atoms with E-state index in [1.807, 2.05) is 13.8 Å². The lowest BCUT2D eigenvalue weighted by molar-refractivity contribution is 0.317. The Balaban J connectivity index is 2.71. The zero-order valence-corrected chi connectivity index (χ0v) is 9.53. The SMILES string of the molecule is CCC(Sc1ncc(C)cn1)C(N)=NO. The Hall–Kier alpha value is -1.30. The number of aromatic nitrogens is 2. The van der Waals surface area contributed by atoms with Gasteiger partial charge < -0.3 is 10.9 Å². The molecular formula is C9H14N4OS. The minimum Gasteiger partial charge on any atom is -0.409 e. The normalized spacial score (nSPS) is 13.9. The Kier molecular flexibility index (Phi) is 4.36. The van der Waals surface area contributed by atoms with Crippen molar-refractivity contribution in [3.8, 4) is 0 Å². The summed E-state index contributed by atoms with van der Waals surface area (Å²) >= 11 is 1.39. The van der Waals surface area contributed by atoms with E-state index in [9.17, 15) is 0 Å². The molecule has 0 bridgehead atoms. The monoisotopic (exact) mass is 226 g/mol. The van der Waals surface area contributed by atoms with Crippen molar-refractivity contribution in [2.45, 2.75) is 30.7 Å². The van der Waals surface area contributed by atoms with Crippen molar-refractivity contribution in [2.24, 2.45) is 10.9 Å². The molecule has 0 fully saturated rings. The van der Waals surface area contributed by atoms with Crippen LogP contribution in [0.25, 0.3) is 0 Å². The number of amidine groups is 1. The number of nitrogens with zero attached hydrogens (tertiary/aromatic N) is 3. The zero-order valence-electron chi connectivity index (χ0n) is 8.71. The first-order valence-corrected chi connectivity index (χ1v) is 5.48. The summed E-state index contributed by atoms with van der Waals surface area (Å²) in [5.41, 5.74) is 6.54. The van der Waals surface area contributed by atoms with Crippen molar-refractivity contribution in [3.05, 3.63) is 18.0 Å². The van der Waals surface area contributed by atoms with E-state index in [0.717, 1.165) is 12.0 Å². The van der Waals surface area contributed by atoms with Crippen LogP contribution < -0.4 is 5.73 Å². The Bertz CT molecular complexity index is 338. The second-order valence-corrected chi connectivity index (χ2v) is 4.25. The molecule has 0 saturated heterocycles. The second-order valence-electron chi connectivity index (χ2n) is 3.08. The van der Waals surface area contributed by atoms with Gasteiger partial charge in [-0.25, -0.2) is 9.97 Å². The topological polar surface area (TPSA) is 84.4 Å². The highest BCUT2D eigenvalue weighted by Gasteiger charge is 2.14. The van der Waals surface area contributed by atoms with Gasteiger partial charge in [0.2, 0.25) is 0 Å². The second kappa shape index (κ2) is 5.55. The fourth-order valence-corrected chi connectivity index (χ4v) is 1.80. The molecule has 0 aliphatic heterocycles. The quantitative estimate of drug-likeness (QED) is 0.202. The van der Waals surface area contributed by atoms with Crippen molar-refractivity contribution in [2.75, 3.05) is 0 Å². The highest BCUT2D eigenvalue weighted by molar-refractivity contribution is 8.00. The van der Waals surface area contributed by atoms with E-state index in [0.29, 0.717) is 5.16 Å². The molecule has 0 aliphatic carbocycles. The first kappa shape index (κ1) is 11.8. The molecule has 1 rings (SSSR count). The lowest BCUT2D eigenvalue weighted by Crippen LogP contribution is -2.25. The molecule has 1 unspecified atom stereocenters. The molecule has 0 aromatic carbocycles. The predicted molar refractivity (Wildman–Crippen MR) is 60.1 cm³/mol. The molecule has 1 atom stereocenters. The molecule has 1 aromatic heterocycles. The summed E-state index contributed by atoms with van der Waals surface area (Å²) in [6.07, 6.45) is 4.25. The van der Waals surface area contributed by atoms with E-state index >= 15 is 0 Å². The van der Waals surface area contributed by atoms with Crippen molar-refractivity contribution in [1.29, 1.82) is 0 Å². The van der Waals surface area contributed by atoms with Crippen LogP contribution in [-0.4, -0.2) is 26.3 Å². The molecule has 0 amide bonds. The van der Waals surface area contributed by atoms with Gasteiger partial charge in [0.15, 0.2) is 11.0 Å². The maximum absolute atomic E-state index is 8.57. The molecule has 0 radical (unpaired) electrons. The van der Waals surface area contributed by atoms with E-state index in [1.165, 1.54) is 11.8 Å². The number of oxime groups is 1. The summed E-state index contributed by atoms with van der Waals surface area (Å²) < 4.78 is 0. The van der Waals surface area contributed by atoms with Gasteiger partial charge in [-0.15, -0.1) is 0 Å². The largest absolute Gasteiger partial charge is 0.409 e. The molecule has 5 nitrogen and oxygen atoms in total. The van der Waals surface area contributed by atoms with Crippen LogP contribution in [0.15, 0.2) is 22.7 Å². The van der Waals surface area contributed by atoms with E-state index < -0.39 is 0 Å². The van der Waals surface area contributed by atoms with Crippen LogP contribution in [0.3, 0.4) is 0 Å². The zero-order chi connectivity index (χ0) is 11.3. The van der Waals surface area contributed by atoms with Crippen LogP contribution in [0.4, 0.5) is 0 Å². The van der Waals surface area contributed by atoms with Crippen molar-refractivity contribution >= 4 is 17.6 Å². The minimum absolute atomic E-state index is 0.0855. The fraction of sp³-hybridized carbons (Fsp3) is 0.444. The van der Waals surface area contributed by atoms with Gasteiger partial charge in [-0.05, 0) is 18.9 Å². The summed E-state index contributed by atoms with van der Waals surface area (Å²) in [6.45, 7) is 3.89. The van der Waals surface area contributed by atoms with Gasteiger partial charge in [0.25, 0.3) is 0 Å². The van der Waals surface area contributed by atoms with Gasteiger partial charge in [-0.3, -0.25) is 0 Å². The van der Waals surface area contributed by atoms with Gasteiger partial charge >= 0.3 is 0 Å². The highest BCUT2D eigenvalue weighted by Crippen LogP contribution is 2.21. The Morgan fingerprint density at radius 1 is 1.60 bits per heavy atom.